The van der Waals surface area contributed by atoms with Crippen LogP contribution in [0.4, 0.5) is 10.5 Å². The Labute approximate surface area is 247 Å². The molecular weight excluding hydrogens is 544 g/mol. The Hall–Kier alpha value is -3.85. The van der Waals surface area contributed by atoms with E-state index in [1.54, 1.807) is 78.0 Å². The number of halogens is 1. The van der Waals surface area contributed by atoms with Crippen molar-refractivity contribution in [3.63, 3.8) is 0 Å². The molecule has 0 bridgehead atoms. The number of aryl methyl sites for hydroxylation is 1. The second kappa shape index (κ2) is 13.7. The summed E-state index contributed by atoms with van der Waals surface area (Å²) >= 11 is 6.42. The van der Waals surface area contributed by atoms with E-state index in [1.165, 1.54) is 4.90 Å². The fraction of sp³-hybridized carbons (Fsp3) is 0.419. The van der Waals surface area contributed by atoms with E-state index in [4.69, 9.17) is 22.1 Å². The highest BCUT2D eigenvalue weighted by atomic mass is 35.5. The average Bonchev–Trinajstić information content (AvgIpc) is 2.84. The first-order chi connectivity index (χ1) is 18.9. The quantitative estimate of drug-likeness (QED) is 0.327. The summed E-state index contributed by atoms with van der Waals surface area (Å²) in [5.41, 5.74) is 6.04. The Kier molecular flexibility index (Phi) is 11.1. The van der Waals surface area contributed by atoms with Crippen molar-refractivity contribution in [3.8, 4) is 0 Å². The number of ether oxygens (including phenoxy) is 1. The van der Waals surface area contributed by atoms with E-state index in [0.29, 0.717) is 16.3 Å². The van der Waals surface area contributed by atoms with Crippen LogP contribution in [0.15, 0.2) is 49.0 Å². The van der Waals surface area contributed by atoms with Gasteiger partial charge < -0.3 is 26.0 Å². The number of amides is 4. The first kappa shape index (κ1) is 33.4. The minimum atomic E-state index is -1.21. The number of rotatable bonds is 10. The monoisotopic (exact) mass is 584 g/mol. The van der Waals surface area contributed by atoms with Gasteiger partial charge in [0.2, 0.25) is 11.8 Å². The molecule has 0 saturated carbocycles. The van der Waals surface area contributed by atoms with Crippen LogP contribution in [0.1, 0.15) is 77.1 Å². The molecule has 0 saturated heterocycles. The van der Waals surface area contributed by atoms with Gasteiger partial charge >= 0.3 is 6.09 Å². The normalized spacial score (nSPS) is 13.0. The molecule has 4 N–H and O–H groups in total. The van der Waals surface area contributed by atoms with Crippen molar-refractivity contribution in [1.82, 2.24) is 10.2 Å². The maximum Gasteiger partial charge on any atom is 0.408 e. The average molecular weight is 585 g/mol. The van der Waals surface area contributed by atoms with Crippen molar-refractivity contribution >= 4 is 47.2 Å². The molecule has 0 aliphatic carbocycles. The first-order valence-electron chi connectivity index (χ1n) is 13.3. The number of nitrogens with zero attached hydrogens (tertiary/aromatic N) is 1. The van der Waals surface area contributed by atoms with Crippen LogP contribution < -0.4 is 16.4 Å². The molecule has 222 valence electrons. The zero-order valence-corrected chi connectivity index (χ0v) is 25.6. The Bertz CT molecular complexity index is 1280. The summed E-state index contributed by atoms with van der Waals surface area (Å²) in [6.45, 7) is 16.1. The molecule has 0 aliphatic heterocycles. The number of carbonyl (C=O) groups is 4. The number of benzene rings is 2. The van der Waals surface area contributed by atoms with Crippen LogP contribution >= 0.6 is 11.6 Å². The molecule has 2 aromatic carbocycles. The Morgan fingerprint density at radius 3 is 2.24 bits per heavy atom. The summed E-state index contributed by atoms with van der Waals surface area (Å²) in [5.74, 6) is -1.75. The summed E-state index contributed by atoms with van der Waals surface area (Å²) in [6.07, 6.45) is 0.534. The molecule has 2 aromatic rings. The predicted octanol–water partition coefficient (Wildman–Crippen LogP) is 5.76. The zero-order chi connectivity index (χ0) is 31.1. The predicted molar refractivity (Wildman–Crippen MR) is 162 cm³/mol. The van der Waals surface area contributed by atoms with Crippen LogP contribution in [-0.4, -0.2) is 45.9 Å². The molecule has 0 aliphatic rings. The summed E-state index contributed by atoms with van der Waals surface area (Å²) in [4.78, 5) is 54.3. The van der Waals surface area contributed by atoms with Crippen molar-refractivity contribution in [2.75, 3.05) is 5.32 Å². The van der Waals surface area contributed by atoms with Gasteiger partial charge in [-0.1, -0.05) is 54.6 Å². The van der Waals surface area contributed by atoms with Crippen molar-refractivity contribution in [2.24, 2.45) is 5.73 Å². The lowest BCUT2D eigenvalue weighted by Crippen LogP contribution is -2.58. The summed E-state index contributed by atoms with van der Waals surface area (Å²) in [6, 6.07) is 9.97. The summed E-state index contributed by atoms with van der Waals surface area (Å²) < 4.78 is 5.38. The number of alkyl carbamates (subject to hydrolysis) is 1. The molecule has 0 heterocycles. The number of anilines is 1. The lowest BCUT2D eigenvalue weighted by molar-refractivity contribution is -0.147. The van der Waals surface area contributed by atoms with Crippen molar-refractivity contribution in [2.45, 2.75) is 84.5 Å². The van der Waals surface area contributed by atoms with Gasteiger partial charge in [0.25, 0.3) is 5.91 Å². The Morgan fingerprint density at radius 2 is 1.71 bits per heavy atom. The van der Waals surface area contributed by atoms with Crippen LogP contribution in [-0.2, 0) is 19.1 Å². The molecule has 9 nitrogen and oxygen atoms in total. The Balaban J connectivity index is 2.68. The van der Waals surface area contributed by atoms with E-state index in [0.717, 1.165) is 11.1 Å². The molecule has 2 atom stereocenters. The summed E-state index contributed by atoms with van der Waals surface area (Å²) in [7, 11) is 0. The van der Waals surface area contributed by atoms with Gasteiger partial charge in [0.05, 0.1) is 10.7 Å². The highest BCUT2D eigenvalue weighted by molar-refractivity contribution is 6.34. The second-order valence-corrected chi connectivity index (χ2v) is 12.2. The van der Waals surface area contributed by atoms with Gasteiger partial charge in [-0.2, -0.15) is 0 Å². The number of carbonyl (C=O) groups excluding carboxylic acids is 4. The highest BCUT2D eigenvalue weighted by Crippen LogP contribution is 2.34. The molecule has 0 spiro atoms. The molecule has 0 aromatic heterocycles. The molecule has 41 heavy (non-hydrogen) atoms. The molecule has 10 heteroatoms. The number of hydrogen-bond acceptors (Lipinski definition) is 5. The number of nitrogens with two attached hydrogens (primary N) is 1. The second-order valence-electron chi connectivity index (χ2n) is 11.8. The lowest BCUT2D eigenvalue weighted by Gasteiger charge is -2.43. The van der Waals surface area contributed by atoms with E-state index in [1.807, 2.05) is 19.1 Å². The van der Waals surface area contributed by atoms with Crippen molar-refractivity contribution in [1.29, 1.82) is 0 Å². The number of hydrogen-bond donors (Lipinski definition) is 3. The number of para-hydroxylation sites is 1. The Morgan fingerprint density at radius 1 is 1.07 bits per heavy atom. The van der Waals surface area contributed by atoms with E-state index >= 15 is 0 Å². The molecule has 0 radical (unpaired) electrons. The minimum absolute atomic E-state index is 0.0926. The zero-order valence-electron chi connectivity index (χ0n) is 24.8. The van der Waals surface area contributed by atoms with Crippen molar-refractivity contribution < 1.29 is 23.9 Å². The van der Waals surface area contributed by atoms with E-state index in [9.17, 15) is 19.2 Å². The van der Waals surface area contributed by atoms with Gasteiger partial charge in [-0.05, 0) is 83.7 Å². The van der Waals surface area contributed by atoms with Crippen LogP contribution in [0.25, 0.3) is 6.08 Å². The fourth-order valence-electron chi connectivity index (χ4n) is 4.26. The fourth-order valence-corrected chi connectivity index (χ4v) is 4.53. The SMILES string of the molecule is C=Cc1cccc(C(C(=O)Nc2c(C)cccc2Cl)N(C(=O)C(CCC(N)=O)NC(=O)OC(C)(C)C)C(C)(C)C)c1. The highest BCUT2D eigenvalue weighted by Gasteiger charge is 2.42. The van der Waals surface area contributed by atoms with E-state index in [-0.39, 0.29) is 12.8 Å². The molecule has 0 fully saturated rings. The lowest BCUT2D eigenvalue weighted by atomic mass is 9.93. The van der Waals surface area contributed by atoms with Gasteiger partial charge in [0.1, 0.15) is 17.7 Å². The van der Waals surface area contributed by atoms with Gasteiger partial charge in [-0.3, -0.25) is 14.4 Å². The first-order valence-corrected chi connectivity index (χ1v) is 13.7. The van der Waals surface area contributed by atoms with Gasteiger partial charge in [0.15, 0.2) is 0 Å². The van der Waals surface area contributed by atoms with Crippen LogP contribution in [0, 0.1) is 6.92 Å². The van der Waals surface area contributed by atoms with Gasteiger partial charge in [-0.25, -0.2) is 4.79 Å². The number of primary amides is 1. The maximum absolute atomic E-state index is 14.3. The van der Waals surface area contributed by atoms with Crippen LogP contribution in [0.3, 0.4) is 0 Å². The van der Waals surface area contributed by atoms with Gasteiger partial charge in [0, 0.05) is 12.0 Å². The smallest absolute Gasteiger partial charge is 0.408 e. The van der Waals surface area contributed by atoms with Crippen LogP contribution in [0.5, 0.6) is 0 Å². The standard InChI is InChI=1S/C31H41ClN4O5/c1-9-20-13-11-14-21(18-20)26(27(38)35-25-19(2)12-10-15-22(25)32)36(30(3,4)5)28(39)23(16-17-24(33)37)34-29(40)41-31(6,7)8/h9-15,18,23,26H,1,16-17H2,2-8H3,(H2,33,37)(H,34,40)(H,35,38). The largest absolute Gasteiger partial charge is 0.444 e. The molecular formula is C31H41ClN4O5. The maximum atomic E-state index is 14.3. The van der Waals surface area contributed by atoms with Gasteiger partial charge in [-0.15, -0.1) is 0 Å². The van der Waals surface area contributed by atoms with E-state index < -0.39 is 47.0 Å². The minimum Gasteiger partial charge on any atom is -0.444 e. The third-order valence-electron chi connectivity index (χ3n) is 6.07. The summed E-state index contributed by atoms with van der Waals surface area (Å²) in [5, 5.41) is 5.84. The third-order valence-corrected chi connectivity index (χ3v) is 6.38. The topological polar surface area (TPSA) is 131 Å². The molecule has 2 rings (SSSR count). The van der Waals surface area contributed by atoms with Crippen molar-refractivity contribution in [3.05, 3.63) is 70.8 Å². The molecule has 4 amide bonds. The van der Waals surface area contributed by atoms with E-state index in [2.05, 4.69) is 17.2 Å². The number of nitrogens with one attached hydrogen (secondary N) is 2. The third kappa shape index (κ3) is 9.63. The molecule has 2 unspecified atom stereocenters. The van der Waals surface area contributed by atoms with Crippen LogP contribution in [0.2, 0.25) is 5.02 Å².